The Morgan fingerprint density at radius 2 is 2.12 bits per heavy atom. The predicted octanol–water partition coefficient (Wildman–Crippen LogP) is 1.83. The van der Waals surface area contributed by atoms with Crippen LogP contribution in [0.1, 0.15) is 24.7 Å². The van der Waals surface area contributed by atoms with Gasteiger partial charge in [0.2, 0.25) is 0 Å². The van der Waals surface area contributed by atoms with E-state index in [0.29, 0.717) is 13.2 Å². The zero-order valence-corrected chi connectivity index (χ0v) is 9.91. The highest BCUT2D eigenvalue weighted by Crippen LogP contribution is 2.21. The molecule has 1 fully saturated rings. The fraction of sp³-hybridized carbons (Fsp3) is 0.667. The summed E-state index contributed by atoms with van der Waals surface area (Å²) in [6.45, 7) is 7.05. The molecule has 90 valence electrons. The van der Waals surface area contributed by atoms with Crippen LogP contribution in [0, 0.1) is 6.92 Å². The number of ether oxygens (including phenoxy) is 2. The molecule has 0 radical (unpaired) electrons. The largest absolute Gasteiger partial charge is 0.468 e. The molecule has 0 amide bonds. The molecule has 4 heteroatoms. The maximum absolute atomic E-state index is 5.52. The van der Waals surface area contributed by atoms with Gasteiger partial charge in [-0.25, -0.2) is 0 Å². The lowest BCUT2D eigenvalue weighted by atomic mass is 10.2. The van der Waals surface area contributed by atoms with E-state index in [1.54, 1.807) is 6.26 Å². The molecule has 0 aliphatic carbocycles. The SMILES string of the molecule is Cc1ccoc1CNCCC1(C)OCCO1. The molecule has 0 atom stereocenters. The molecule has 4 nitrogen and oxygen atoms in total. The zero-order valence-electron chi connectivity index (χ0n) is 9.91. The van der Waals surface area contributed by atoms with E-state index in [-0.39, 0.29) is 0 Å². The molecule has 1 N–H and O–H groups in total. The minimum atomic E-state index is -0.398. The highest BCUT2D eigenvalue weighted by atomic mass is 16.7. The summed E-state index contributed by atoms with van der Waals surface area (Å²) in [7, 11) is 0. The minimum Gasteiger partial charge on any atom is -0.468 e. The Hall–Kier alpha value is -0.840. The third-order valence-electron chi connectivity index (χ3n) is 2.91. The predicted molar refractivity (Wildman–Crippen MR) is 60.1 cm³/mol. The van der Waals surface area contributed by atoms with E-state index >= 15 is 0 Å². The Balaban J connectivity index is 1.67. The van der Waals surface area contributed by atoms with Gasteiger partial charge in [-0.15, -0.1) is 0 Å². The van der Waals surface area contributed by atoms with Gasteiger partial charge < -0.3 is 19.2 Å². The van der Waals surface area contributed by atoms with Crippen molar-refractivity contribution in [2.24, 2.45) is 0 Å². The van der Waals surface area contributed by atoms with Crippen LogP contribution in [0.25, 0.3) is 0 Å². The summed E-state index contributed by atoms with van der Waals surface area (Å²) in [6, 6.07) is 1.97. The summed E-state index contributed by atoms with van der Waals surface area (Å²) in [5.74, 6) is 0.601. The third kappa shape index (κ3) is 2.84. The topological polar surface area (TPSA) is 43.6 Å². The van der Waals surface area contributed by atoms with Crippen LogP contribution in [0.4, 0.5) is 0 Å². The highest BCUT2D eigenvalue weighted by Gasteiger charge is 2.29. The number of aryl methyl sites for hydroxylation is 1. The van der Waals surface area contributed by atoms with E-state index in [1.807, 2.05) is 19.9 Å². The van der Waals surface area contributed by atoms with Gasteiger partial charge in [0, 0.05) is 13.0 Å². The van der Waals surface area contributed by atoms with Crippen LogP contribution in [0.2, 0.25) is 0 Å². The van der Waals surface area contributed by atoms with Crippen molar-refractivity contribution in [2.45, 2.75) is 32.6 Å². The summed E-state index contributed by atoms with van der Waals surface area (Å²) in [5, 5.41) is 3.33. The van der Waals surface area contributed by atoms with Crippen LogP contribution in [-0.4, -0.2) is 25.5 Å². The van der Waals surface area contributed by atoms with Gasteiger partial charge in [0.15, 0.2) is 5.79 Å². The van der Waals surface area contributed by atoms with Gasteiger partial charge in [-0.05, 0) is 25.5 Å². The summed E-state index contributed by atoms with van der Waals surface area (Å²) in [5.41, 5.74) is 1.19. The van der Waals surface area contributed by atoms with Crippen LogP contribution in [0.5, 0.6) is 0 Å². The fourth-order valence-electron chi connectivity index (χ4n) is 1.80. The lowest BCUT2D eigenvalue weighted by Crippen LogP contribution is -2.30. The molecule has 0 aromatic carbocycles. The van der Waals surface area contributed by atoms with E-state index in [0.717, 1.165) is 25.3 Å². The Kier molecular flexibility index (Phi) is 3.63. The number of hydrogen-bond donors (Lipinski definition) is 1. The Labute approximate surface area is 95.9 Å². The maximum atomic E-state index is 5.52. The molecule has 2 rings (SSSR count). The smallest absolute Gasteiger partial charge is 0.166 e. The molecule has 0 spiro atoms. The van der Waals surface area contributed by atoms with Crippen molar-refractivity contribution in [1.29, 1.82) is 0 Å². The average Bonchev–Trinajstić information content (AvgIpc) is 2.84. The Bertz CT molecular complexity index is 329. The first-order chi connectivity index (χ1) is 7.70. The number of furan rings is 1. The molecule has 1 aromatic rings. The quantitative estimate of drug-likeness (QED) is 0.776. The standard InChI is InChI=1S/C12H19NO3/c1-10-3-6-14-11(10)9-13-5-4-12(2)15-7-8-16-12/h3,6,13H,4-5,7-9H2,1-2H3. The normalized spacial score (nSPS) is 19.1. The van der Waals surface area contributed by atoms with Crippen molar-refractivity contribution in [3.63, 3.8) is 0 Å². The monoisotopic (exact) mass is 225 g/mol. The first-order valence-electron chi connectivity index (χ1n) is 5.71. The van der Waals surface area contributed by atoms with E-state index in [9.17, 15) is 0 Å². The van der Waals surface area contributed by atoms with Crippen LogP contribution >= 0.6 is 0 Å². The molecule has 0 saturated carbocycles. The van der Waals surface area contributed by atoms with Gasteiger partial charge in [0.1, 0.15) is 5.76 Å². The fourth-order valence-corrected chi connectivity index (χ4v) is 1.80. The second-order valence-corrected chi connectivity index (χ2v) is 4.28. The van der Waals surface area contributed by atoms with Crippen molar-refractivity contribution >= 4 is 0 Å². The Morgan fingerprint density at radius 3 is 2.75 bits per heavy atom. The van der Waals surface area contributed by atoms with Crippen molar-refractivity contribution in [3.05, 3.63) is 23.7 Å². The molecule has 1 aromatic heterocycles. The van der Waals surface area contributed by atoms with Crippen molar-refractivity contribution in [1.82, 2.24) is 5.32 Å². The van der Waals surface area contributed by atoms with Crippen molar-refractivity contribution in [3.8, 4) is 0 Å². The summed E-state index contributed by atoms with van der Waals surface area (Å²) in [6.07, 6.45) is 2.57. The second-order valence-electron chi connectivity index (χ2n) is 4.28. The molecule has 0 bridgehead atoms. The molecule has 1 aliphatic rings. The lowest BCUT2D eigenvalue weighted by molar-refractivity contribution is -0.145. The maximum Gasteiger partial charge on any atom is 0.166 e. The molecular weight excluding hydrogens is 206 g/mol. The van der Waals surface area contributed by atoms with E-state index in [2.05, 4.69) is 5.32 Å². The van der Waals surface area contributed by atoms with Gasteiger partial charge in [0.05, 0.1) is 26.0 Å². The van der Waals surface area contributed by atoms with Gasteiger partial charge in [0.25, 0.3) is 0 Å². The minimum absolute atomic E-state index is 0.398. The Morgan fingerprint density at radius 1 is 1.38 bits per heavy atom. The summed E-state index contributed by atoms with van der Waals surface area (Å²) in [4.78, 5) is 0. The van der Waals surface area contributed by atoms with Crippen LogP contribution in [0.3, 0.4) is 0 Å². The van der Waals surface area contributed by atoms with Gasteiger partial charge >= 0.3 is 0 Å². The molecule has 1 saturated heterocycles. The zero-order chi connectivity index (χ0) is 11.4. The van der Waals surface area contributed by atoms with Gasteiger partial charge in [-0.2, -0.15) is 0 Å². The summed E-state index contributed by atoms with van der Waals surface area (Å²) < 4.78 is 16.4. The molecule has 2 heterocycles. The summed E-state index contributed by atoms with van der Waals surface area (Å²) >= 11 is 0. The van der Waals surface area contributed by atoms with Crippen molar-refractivity contribution in [2.75, 3.05) is 19.8 Å². The molecular formula is C12H19NO3. The number of rotatable bonds is 5. The van der Waals surface area contributed by atoms with Gasteiger partial charge in [-0.3, -0.25) is 0 Å². The van der Waals surface area contributed by atoms with E-state index in [1.165, 1.54) is 5.56 Å². The van der Waals surface area contributed by atoms with Crippen LogP contribution < -0.4 is 5.32 Å². The third-order valence-corrected chi connectivity index (χ3v) is 2.91. The van der Waals surface area contributed by atoms with Crippen LogP contribution in [-0.2, 0) is 16.0 Å². The van der Waals surface area contributed by atoms with Crippen LogP contribution in [0.15, 0.2) is 16.7 Å². The molecule has 1 aliphatic heterocycles. The molecule has 0 unspecified atom stereocenters. The molecule has 16 heavy (non-hydrogen) atoms. The first kappa shape index (κ1) is 11.6. The lowest BCUT2D eigenvalue weighted by Gasteiger charge is -2.22. The van der Waals surface area contributed by atoms with Crippen molar-refractivity contribution < 1.29 is 13.9 Å². The number of nitrogens with one attached hydrogen (secondary N) is 1. The average molecular weight is 225 g/mol. The number of hydrogen-bond acceptors (Lipinski definition) is 4. The van der Waals surface area contributed by atoms with E-state index < -0.39 is 5.79 Å². The first-order valence-corrected chi connectivity index (χ1v) is 5.71. The second kappa shape index (κ2) is 4.99. The van der Waals surface area contributed by atoms with E-state index in [4.69, 9.17) is 13.9 Å². The van der Waals surface area contributed by atoms with Gasteiger partial charge in [-0.1, -0.05) is 0 Å². The highest BCUT2D eigenvalue weighted by molar-refractivity contribution is 5.13.